The molecule has 0 bridgehead atoms. The average molecular weight is 414 g/mol. The Bertz CT molecular complexity index is 925. The van der Waals surface area contributed by atoms with Crippen LogP contribution >= 0.6 is 11.6 Å². The van der Waals surface area contributed by atoms with Crippen molar-refractivity contribution in [3.8, 4) is 5.75 Å². The molecular weight excluding hydrogens is 390 g/mol. The molecule has 0 unspecified atom stereocenters. The van der Waals surface area contributed by atoms with Crippen molar-refractivity contribution >= 4 is 34.8 Å². The van der Waals surface area contributed by atoms with Crippen LogP contribution in [0.2, 0.25) is 5.02 Å². The van der Waals surface area contributed by atoms with E-state index in [0.29, 0.717) is 31.8 Å². The van der Waals surface area contributed by atoms with Crippen LogP contribution in [0.5, 0.6) is 5.75 Å². The molecule has 0 atom stereocenters. The zero-order valence-corrected chi connectivity index (χ0v) is 17.2. The van der Waals surface area contributed by atoms with Crippen LogP contribution in [-0.4, -0.2) is 56.0 Å². The monoisotopic (exact) mass is 413 g/mol. The second-order valence-corrected chi connectivity index (χ2v) is 7.79. The number of carbonyl (C=O) groups excluding carboxylic acids is 2. The number of rotatable bonds is 4. The normalized spacial score (nSPS) is 16.5. The first-order valence-corrected chi connectivity index (χ1v) is 10.2. The van der Waals surface area contributed by atoms with E-state index in [1.807, 2.05) is 47.4 Å². The molecule has 2 aromatic carbocycles. The van der Waals surface area contributed by atoms with Gasteiger partial charge in [0.1, 0.15) is 5.75 Å². The van der Waals surface area contributed by atoms with Gasteiger partial charge < -0.3 is 19.4 Å². The van der Waals surface area contributed by atoms with Crippen molar-refractivity contribution in [1.82, 2.24) is 4.90 Å². The predicted molar refractivity (Wildman–Crippen MR) is 114 cm³/mol. The van der Waals surface area contributed by atoms with Crippen LogP contribution in [0.15, 0.2) is 42.5 Å². The van der Waals surface area contributed by atoms with Crippen molar-refractivity contribution in [3.05, 3.63) is 53.1 Å². The molecule has 4 rings (SSSR count). The van der Waals surface area contributed by atoms with Crippen molar-refractivity contribution in [1.29, 1.82) is 0 Å². The van der Waals surface area contributed by atoms with Crippen molar-refractivity contribution in [2.24, 2.45) is 0 Å². The van der Waals surface area contributed by atoms with Crippen LogP contribution in [0.1, 0.15) is 12.0 Å². The van der Waals surface area contributed by atoms with E-state index in [9.17, 15) is 9.59 Å². The van der Waals surface area contributed by atoms with E-state index in [1.54, 1.807) is 4.90 Å². The Morgan fingerprint density at radius 3 is 2.62 bits per heavy atom. The van der Waals surface area contributed by atoms with Gasteiger partial charge in [0.05, 0.1) is 5.69 Å². The van der Waals surface area contributed by atoms with Crippen LogP contribution in [0.25, 0.3) is 0 Å². The lowest BCUT2D eigenvalue weighted by Crippen LogP contribution is -2.50. The Kier molecular flexibility index (Phi) is 5.62. The van der Waals surface area contributed by atoms with E-state index >= 15 is 0 Å². The fraction of sp³-hybridized carbons (Fsp3) is 0.364. The first-order chi connectivity index (χ1) is 14.0. The van der Waals surface area contributed by atoms with Gasteiger partial charge in [-0.15, -0.1) is 0 Å². The summed E-state index contributed by atoms with van der Waals surface area (Å²) in [5.41, 5.74) is 3.04. The molecule has 2 amide bonds. The molecule has 1 fully saturated rings. The minimum absolute atomic E-state index is 0.0167. The van der Waals surface area contributed by atoms with Crippen LogP contribution in [0.4, 0.5) is 11.4 Å². The van der Waals surface area contributed by atoms with Crippen molar-refractivity contribution < 1.29 is 14.3 Å². The Labute approximate surface area is 175 Å². The fourth-order valence-electron chi connectivity index (χ4n) is 3.88. The third-order valence-electron chi connectivity index (χ3n) is 5.50. The number of fused-ring (bicyclic) bond motifs is 1. The smallest absolute Gasteiger partial charge is 0.265 e. The molecule has 0 saturated carbocycles. The van der Waals surface area contributed by atoms with Gasteiger partial charge >= 0.3 is 0 Å². The number of hydrogen-bond acceptors (Lipinski definition) is 4. The zero-order valence-electron chi connectivity index (χ0n) is 16.4. The molecule has 2 heterocycles. The summed E-state index contributed by atoms with van der Waals surface area (Å²) in [6.07, 6.45) is 0.302. The molecule has 2 aliphatic heterocycles. The number of carbonyl (C=O) groups is 2. The van der Waals surface area contributed by atoms with Crippen molar-refractivity contribution in [3.63, 3.8) is 0 Å². The van der Waals surface area contributed by atoms with Gasteiger partial charge in [0.15, 0.2) is 6.61 Å². The summed E-state index contributed by atoms with van der Waals surface area (Å²) in [6.45, 7) is 5.32. The lowest BCUT2D eigenvalue weighted by Gasteiger charge is -2.37. The molecular formula is C22H24ClN3O3. The maximum Gasteiger partial charge on any atom is 0.265 e. The molecule has 6 nitrogen and oxygen atoms in total. The number of halogens is 1. The molecule has 0 spiro atoms. The third-order valence-corrected chi connectivity index (χ3v) is 5.74. The number of ether oxygens (including phenoxy) is 1. The van der Waals surface area contributed by atoms with E-state index in [-0.39, 0.29) is 18.4 Å². The van der Waals surface area contributed by atoms with Crippen LogP contribution in [0, 0.1) is 6.92 Å². The van der Waals surface area contributed by atoms with Gasteiger partial charge in [-0.1, -0.05) is 29.8 Å². The Morgan fingerprint density at radius 1 is 1.07 bits per heavy atom. The second-order valence-electron chi connectivity index (χ2n) is 7.35. The highest BCUT2D eigenvalue weighted by Crippen LogP contribution is 2.31. The number of para-hydroxylation sites is 2. The van der Waals surface area contributed by atoms with E-state index in [4.69, 9.17) is 16.3 Å². The molecule has 0 N–H and O–H groups in total. The van der Waals surface area contributed by atoms with Crippen LogP contribution < -0.4 is 14.5 Å². The van der Waals surface area contributed by atoms with Gasteiger partial charge in [0, 0.05) is 49.9 Å². The molecule has 29 heavy (non-hydrogen) atoms. The van der Waals surface area contributed by atoms with Crippen molar-refractivity contribution in [2.75, 3.05) is 49.1 Å². The highest BCUT2D eigenvalue weighted by molar-refractivity contribution is 6.30. The molecule has 2 aromatic rings. The van der Waals surface area contributed by atoms with Gasteiger partial charge in [0.25, 0.3) is 5.91 Å². The largest absolute Gasteiger partial charge is 0.482 e. The van der Waals surface area contributed by atoms with E-state index in [1.165, 1.54) is 5.56 Å². The summed E-state index contributed by atoms with van der Waals surface area (Å²) in [4.78, 5) is 30.8. The maximum atomic E-state index is 12.7. The number of piperazine rings is 1. The van der Waals surface area contributed by atoms with Crippen molar-refractivity contribution in [2.45, 2.75) is 13.3 Å². The molecule has 1 saturated heterocycles. The molecule has 0 radical (unpaired) electrons. The zero-order chi connectivity index (χ0) is 20.4. The van der Waals surface area contributed by atoms with E-state index in [0.717, 1.165) is 29.5 Å². The summed E-state index contributed by atoms with van der Waals surface area (Å²) in [6, 6.07) is 13.3. The number of amides is 2. The highest BCUT2D eigenvalue weighted by Gasteiger charge is 2.27. The first-order valence-electron chi connectivity index (χ1n) is 9.84. The average Bonchev–Trinajstić information content (AvgIpc) is 2.74. The summed E-state index contributed by atoms with van der Waals surface area (Å²) in [7, 11) is 0. The third kappa shape index (κ3) is 4.17. The SMILES string of the molecule is Cc1ccc(Cl)cc1N1CCN(C(=O)CCN2C(=O)COc3ccccc32)CC1. The number of benzene rings is 2. The Hall–Kier alpha value is -2.73. The quantitative estimate of drug-likeness (QED) is 0.772. The summed E-state index contributed by atoms with van der Waals surface area (Å²) in [5, 5.41) is 0.722. The summed E-state index contributed by atoms with van der Waals surface area (Å²) < 4.78 is 5.46. The topological polar surface area (TPSA) is 53.1 Å². The molecule has 0 aliphatic carbocycles. The minimum atomic E-state index is -0.113. The number of nitrogens with zero attached hydrogens (tertiary/aromatic N) is 3. The number of aryl methyl sites for hydroxylation is 1. The second kappa shape index (κ2) is 8.33. The first kappa shape index (κ1) is 19.6. The van der Waals surface area contributed by atoms with E-state index in [2.05, 4.69) is 11.8 Å². The van der Waals surface area contributed by atoms with Gasteiger partial charge in [-0.25, -0.2) is 0 Å². The van der Waals surface area contributed by atoms with Gasteiger partial charge in [0.2, 0.25) is 5.91 Å². The predicted octanol–water partition coefficient (Wildman–Crippen LogP) is 3.11. The van der Waals surface area contributed by atoms with E-state index < -0.39 is 0 Å². The molecule has 0 aromatic heterocycles. The lowest BCUT2D eigenvalue weighted by molar-refractivity contribution is -0.131. The highest BCUT2D eigenvalue weighted by atomic mass is 35.5. The summed E-state index contributed by atoms with van der Waals surface area (Å²) >= 11 is 6.15. The number of anilines is 2. The van der Waals surface area contributed by atoms with Crippen LogP contribution in [0.3, 0.4) is 0 Å². The lowest BCUT2D eigenvalue weighted by atomic mass is 10.1. The maximum absolute atomic E-state index is 12.7. The fourth-order valence-corrected chi connectivity index (χ4v) is 4.05. The van der Waals surface area contributed by atoms with Gasteiger partial charge in [-0.2, -0.15) is 0 Å². The molecule has 2 aliphatic rings. The van der Waals surface area contributed by atoms with Gasteiger partial charge in [-0.3, -0.25) is 9.59 Å². The minimum Gasteiger partial charge on any atom is -0.482 e. The van der Waals surface area contributed by atoms with Gasteiger partial charge in [-0.05, 0) is 36.8 Å². The summed E-state index contributed by atoms with van der Waals surface area (Å²) in [5.74, 6) is 0.645. The number of hydrogen-bond donors (Lipinski definition) is 0. The molecule has 152 valence electrons. The Morgan fingerprint density at radius 2 is 1.83 bits per heavy atom. The van der Waals surface area contributed by atoms with Crippen LogP contribution in [-0.2, 0) is 9.59 Å². The Balaban J connectivity index is 1.34. The molecule has 7 heteroatoms. The standard InChI is InChI=1S/C22H24ClN3O3/c1-16-6-7-17(23)14-19(16)24-10-12-25(13-11-24)21(27)8-9-26-18-4-2-3-5-20(18)29-15-22(26)28/h2-7,14H,8-13,15H2,1H3.